The van der Waals surface area contributed by atoms with Gasteiger partial charge in [-0.3, -0.25) is 9.59 Å². The van der Waals surface area contributed by atoms with Gasteiger partial charge in [-0.1, -0.05) is 48.5 Å². The fraction of sp³-hybridized carbons (Fsp3) is 0.333. The van der Waals surface area contributed by atoms with Gasteiger partial charge in [0.05, 0.1) is 18.1 Å². The molecule has 0 atom stereocenters. The average Bonchev–Trinajstić information content (AvgIpc) is 3.13. The number of benzene rings is 2. The van der Waals surface area contributed by atoms with Crippen molar-refractivity contribution in [3.8, 4) is 0 Å². The quantitative estimate of drug-likeness (QED) is 0.616. The number of carbonyl (C=O) groups is 2. The van der Waals surface area contributed by atoms with Crippen molar-refractivity contribution in [3.05, 3.63) is 71.9 Å². The number of hydrogen-bond acceptors (Lipinski definition) is 3. The van der Waals surface area contributed by atoms with Gasteiger partial charge in [-0.05, 0) is 31.4 Å². The summed E-state index contributed by atoms with van der Waals surface area (Å²) in [6.07, 6.45) is 3.29. The largest absolute Gasteiger partial charge is 0.466 e. The number of fused-ring (bicyclic) bond motifs is 1. The molecule has 0 saturated carbocycles. The molecule has 29 heavy (non-hydrogen) atoms. The first-order valence-corrected chi connectivity index (χ1v) is 10.2. The number of amides is 1. The standard InChI is InChI=1S/C24H26N2O3/c1-2-29-24(28)19-12-14-25(15-13-19)23(27)21-17-26(16-18-8-4-3-5-9-18)22-11-7-6-10-20(21)22/h3-11,17,19H,2,12-16H2,1H3. The van der Waals surface area contributed by atoms with Crippen molar-refractivity contribution >= 4 is 22.8 Å². The molecule has 0 unspecified atom stereocenters. The monoisotopic (exact) mass is 390 g/mol. The van der Waals surface area contributed by atoms with Crippen LogP contribution in [-0.4, -0.2) is 41.0 Å². The van der Waals surface area contributed by atoms with Gasteiger partial charge >= 0.3 is 5.97 Å². The van der Waals surface area contributed by atoms with Gasteiger partial charge in [0.15, 0.2) is 0 Å². The summed E-state index contributed by atoms with van der Waals surface area (Å²) in [5.74, 6) is -0.201. The molecule has 3 aromatic rings. The minimum absolute atomic E-state index is 0.0373. The van der Waals surface area contributed by atoms with Crippen molar-refractivity contribution in [2.24, 2.45) is 5.92 Å². The Hall–Kier alpha value is -3.08. The molecule has 150 valence electrons. The van der Waals surface area contributed by atoms with Crippen molar-refractivity contribution in [1.82, 2.24) is 9.47 Å². The molecule has 0 bridgehead atoms. The molecule has 2 aromatic carbocycles. The zero-order valence-corrected chi connectivity index (χ0v) is 16.7. The smallest absolute Gasteiger partial charge is 0.309 e. The number of ether oxygens (including phenoxy) is 1. The maximum Gasteiger partial charge on any atom is 0.309 e. The van der Waals surface area contributed by atoms with Crippen LogP contribution in [0.1, 0.15) is 35.7 Å². The van der Waals surface area contributed by atoms with E-state index in [4.69, 9.17) is 4.74 Å². The van der Waals surface area contributed by atoms with Crippen LogP contribution in [0.5, 0.6) is 0 Å². The van der Waals surface area contributed by atoms with Crippen LogP contribution in [0, 0.1) is 5.92 Å². The second-order valence-corrected chi connectivity index (χ2v) is 7.49. The fourth-order valence-corrected chi connectivity index (χ4v) is 4.08. The summed E-state index contributed by atoms with van der Waals surface area (Å²) in [6, 6.07) is 18.3. The van der Waals surface area contributed by atoms with E-state index in [1.54, 1.807) is 0 Å². The first kappa shape index (κ1) is 19.2. The zero-order chi connectivity index (χ0) is 20.2. The Labute approximate surface area is 170 Å². The predicted molar refractivity (Wildman–Crippen MR) is 113 cm³/mol. The summed E-state index contributed by atoms with van der Waals surface area (Å²) in [6.45, 7) is 4.11. The summed E-state index contributed by atoms with van der Waals surface area (Å²) >= 11 is 0. The highest BCUT2D eigenvalue weighted by Crippen LogP contribution is 2.26. The molecule has 0 spiro atoms. The lowest BCUT2D eigenvalue weighted by molar-refractivity contribution is -0.149. The molecule has 0 radical (unpaired) electrons. The van der Waals surface area contributed by atoms with Crippen LogP contribution in [0.15, 0.2) is 60.8 Å². The number of aromatic nitrogens is 1. The molecular formula is C24H26N2O3. The number of piperidine rings is 1. The maximum atomic E-state index is 13.3. The highest BCUT2D eigenvalue weighted by Gasteiger charge is 2.29. The number of esters is 1. The van der Waals surface area contributed by atoms with Gasteiger partial charge in [0, 0.05) is 36.7 Å². The van der Waals surface area contributed by atoms with Crippen LogP contribution < -0.4 is 0 Å². The summed E-state index contributed by atoms with van der Waals surface area (Å²) < 4.78 is 7.28. The number of nitrogens with zero attached hydrogens (tertiary/aromatic N) is 2. The third-order valence-corrected chi connectivity index (χ3v) is 5.62. The Balaban J connectivity index is 1.55. The molecule has 1 aromatic heterocycles. The van der Waals surface area contributed by atoms with Gasteiger partial charge in [0.25, 0.3) is 5.91 Å². The van der Waals surface area contributed by atoms with Gasteiger partial charge in [-0.15, -0.1) is 0 Å². The number of hydrogen-bond donors (Lipinski definition) is 0. The van der Waals surface area contributed by atoms with Crippen LogP contribution >= 0.6 is 0 Å². The highest BCUT2D eigenvalue weighted by molar-refractivity contribution is 6.07. The molecular weight excluding hydrogens is 364 g/mol. The fourth-order valence-electron chi connectivity index (χ4n) is 4.08. The van der Waals surface area contributed by atoms with Gasteiger partial charge in [0.1, 0.15) is 0 Å². The third kappa shape index (κ3) is 4.04. The van der Waals surface area contributed by atoms with Crippen LogP contribution in [-0.2, 0) is 16.1 Å². The van der Waals surface area contributed by atoms with E-state index in [2.05, 4.69) is 22.8 Å². The van der Waals surface area contributed by atoms with E-state index in [0.717, 1.165) is 23.0 Å². The molecule has 0 aliphatic carbocycles. The molecule has 1 aliphatic rings. The second-order valence-electron chi connectivity index (χ2n) is 7.49. The minimum Gasteiger partial charge on any atom is -0.466 e. The average molecular weight is 390 g/mol. The van der Waals surface area contributed by atoms with E-state index < -0.39 is 0 Å². The first-order valence-electron chi connectivity index (χ1n) is 10.2. The van der Waals surface area contributed by atoms with Crippen molar-refractivity contribution in [2.75, 3.05) is 19.7 Å². The van der Waals surface area contributed by atoms with Crippen molar-refractivity contribution in [1.29, 1.82) is 0 Å². The Morgan fingerprint density at radius 2 is 1.69 bits per heavy atom. The molecule has 2 heterocycles. The summed E-state index contributed by atoms with van der Waals surface area (Å²) in [7, 11) is 0. The van der Waals surface area contributed by atoms with Crippen LogP contribution in [0.25, 0.3) is 10.9 Å². The molecule has 1 aliphatic heterocycles. The summed E-state index contributed by atoms with van der Waals surface area (Å²) in [4.78, 5) is 27.1. The lowest BCUT2D eigenvalue weighted by atomic mass is 9.96. The lowest BCUT2D eigenvalue weighted by Gasteiger charge is -2.30. The van der Waals surface area contributed by atoms with Crippen LogP contribution in [0.3, 0.4) is 0 Å². The Bertz CT molecular complexity index is 1000. The summed E-state index contributed by atoms with van der Waals surface area (Å²) in [5, 5.41) is 0.973. The van der Waals surface area contributed by atoms with E-state index >= 15 is 0 Å². The van der Waals surface area contributed by atoms with Gasteiger partial charge in [-0.25, -0.2) is 0 Å². The first-order chi connectivity index (χ1) is 14.2. The third-order valence-electron chi connectivity index (χ3n) is 5.62. The van der Waals surface area contributed by atoms with Gasteiger partial charge in [0.2, 0.25) is 0 Å². The van der Waals surface area contributed by atoms with Crippen molar-refractivity contribution < 1.29 is 14.3 Å². The molecule has 1 amide bonds. The number of rotatable bonds is 5. The van der Waals surface area contributed by atoms with E-state index in [9.17, 15) is 9.59 Å². The molecule has 1 fully saturated rings. The lowest BCUT2D eigenvalue weighted by Crippen LogP contribution is -2.40. The van der Waals surface area contributed by atoms with E-state index in [-0.39, 0.29) is 17.8 Å². The molecule has 0 N–H and O–H groups in total. The Morgan fingerprint density at radius 1 is 1.00 bits per heavy atom. The Morgan fingerprint density at radius 3 is 2.41 bits per heavy atom. The molecule has 4 rings (SSSR count). The molecule has 1 saturated heterocycles. The van der Waals surface area contributed by atoms with E-state index in [0.29, 0.717) is 32.5 Å². The summed E-state index contributed by atoms with van der Waals surface area (Å²) in [5.41, 5.74) is 2.98. The number of carbonyl (C=O) groups excluding carboxylic acids is 2. The zero-order valence-electron chi connectivity index (χ0n) is 16.7. The molecule has 5 nitrogen and oxygen atoms in total. The molecule has 5 heteroatoms. The second kappa shape index (κ2) is 8.52. The van der Waals surface area contributed by atoms with E-state index in [1.807, 2.05) is 54.4 Å². The van der Waals surface area contributed by atoms with Crippen molar-refractivity contribution in [2.45, 2.75) is 26.3 Å². The van der Waals surface area contributed by atoms with E-state index in [1.165, 1.54) is 5.56 Å². The SMILES string of the molecule is CCOC(=O)C1CCN(C(=O)c2cn(Cc3ccccc3)c3ccccc23)CC1. The van der Waals surface area contributed by atoms with Gasteiger partial charge < -0.3 is 14.2 Å². The normalized spacial score (nSPS) is 14.9. The maximum absolute atomic E-state index is 13.3. The number of likely N-dealkylation sites (tertiary alicyclic amines) is 1. The van der Waals surface area contributed by atoms with Crippen LogP contribution in [0.4, 0.5) is 0 Å². The predicted octanol–water partition coefficient (Wildman–Crippen LogP) is 4.10. The number of para-hydroxylation sites is 1. The van der Waals surface area contributed by atoms with Crippen LogP contribution in [0.2, 0.25) is 0 Å². The van der Waals surface area contributed by atoms with Gasteiger partial charge in [-0.2, -0.15) is 0 Å². The Kier molecular flexibility index (Phi) is 5.65. The minimum atomic E-state index is -0.140. The van der Waals surface area contributed by atoms with Crippen molar-refractivity contribution in [3.63, 3.8) is 0 Å². The topological polar surface area (TPSA) is 51.5 Å². The highest BCUT2D eigenvalue weighted by atomic mass is 16.5.